The van der Waals surface area contributed by atoms with Crippen LogP contribution in [-0.2, 0) is 0 Å². The highest BCUT2D eigenvalue weighted by Gasteiger charge is 2.64. The Bertz CT molecular complexity index is 950. The number of fused-ring (bicyclic) bond motifs is 1. The van der Waals surface area contributed by atoms with E-state index < -0.39 is 11.6 Å². The minimum atomic E-state index is -0.914. The number of amides is 2. The number of carbonyl (C=O) groups excluding carboxylic acids is 1. The number of rotatable bonds is 2. The largest absolute Gasteiger partial charge is 0.465 e. The van der Waals surface area contributed by atoms with E-state index in [-0.39, 0.29) is 17.2 Å². The molecule has 3 heterocycles. The third kappa shape index (κ3) is 2.89. The zero-order valence-corrected chi connectivity index (χ0v) is 17.3. The number of likely N-dealkylation sites (tertiary alicyclic amines) is 2. The fourth-order valence-electron chi connectivity index (χ4n) is 5.05. The lowest BCUT2D eigenvalue weighted by atomic mass is 9.57. The molecule has 8 heteroatoms. The topological polar surface area (TPSA) is 91.6 Å². The van der Waals surface area contributed by atoms with E-state index in [9.17, 15) is 14.7 Å². The van der Waals surface area contributed by atoms with E-state index in [0.29, 0.717) is 30.9 Å². The number of carboxylic acid groups (broad SMARTS) is 1. The Hall–Kier alpha value is -2.90. The molecule has 2 atom stereocenters. The van der Waals surface area contributed by atoms with E-state index in [2.05, 4.69) is 31.0 Å². The van der Waals surface area contributed by atoms with Crippen molar-refractivity contribution in [3.05, 3.63) is 41.7 Å². The van der Waals surface area contributed by atoms with Crippen LogP contribution in [0.2, 0.25) is 0 Å². The summed E-state index contributed by atoms with van der Waals surface area (Å²) < 4.78 is 0. The Labute approximate surface area is 170 Å². The van der Waals surface area contributed by atoms with Crippen LogP contribution in [-0.4, -0.2) is 67.1 Å². The minimum Gasteiger partial charge on any atom is -0.465 e. The molecule has 0 aliphatic carbocycles. The highest BCUT2D eigenvalue weighted by molar-refractivity contribution is 5.98. The molecule has 1 unspecified atom stereocenters. The van der Waals surface area contributed by atoms with Crippen LogP contribution in [0.4, 0.5) is 4.79 Å². The molecule has 2 fully saturated rings. The van der Waals surface area contributed by atoms with Crippen LogP contribution in [0, 0.1) is 18.3 Å². The summed E-state index contributed by atoms with van der Waals surface area (Å²) in [6.07, 6.45) is 3.04. The lowest BCUT2D eigenvalue weighted by Gasteiger charge is -2.67. The number of aromatic nitrogens is 3. The van der Waals surface area contributed by atoms with Gasteiger partial charge in [-0.3, -0.25) is 9.69 Å². The molecule has 8 nitrogen and oxygen atoms in total. The Morgan fingerprint density at radius 1 is 1.21 bits per heavy atom. The molecule has 1 aromatic carbocycles. The first kappa shape index (κ1) is 19.4. The van der Waals surface area contributed by atoms with Crippen LogP contribution < -0.4 is 0 Å². The number of hydrogen-bond acceptors (Lipinski definition) is 4. The maximum absolute atomic E-state index is 13.6. The lowest BCUT2D eigenvalue weighted by Crippen LogP contribution is -2.80. The maximum Gasteiger partial charge on any atom is 0.407 e. The van der Waals surface area contributed by atoms with Crippen LogP contribution >= 0.6 is 0 Å². The van der Waals surface area contributed by atoms with Crippen molar-refractivity contribution in [2.24, 2.45) is 11.3 Å². The summed E-state index contributed by atoms with van der Waals surface area (Å²) in [5.74, 6) is 0.160. The summed E-state index contributed by atoms with van der Waals surface area (Å²) >= 11 is 0. The van der Waals surface area contributed by atoms with Gasteiger partial charge < -0.3 is 10.0 Å². The molecule has 2 amide bonds. The van der Waals surface area contributed by atoms with Gasteiger partial charge in [-0.15, -0.1) is 0 Å². The fourth-order valence-corrected chi connectivity index (χ4v) is 5.05. The molecule has 2 saturated heterocycles. The van der Waals surface area contributed by atoms with Gasteiger partial charge in [0.15, 0.2) is 0 Å². The monoisotopic (exact) mass is 397 g/mol. The number of aryl methyl sites for hydroxylation is 1. The Morgan fingerprint density at radius 2 is 1.90 bits per heavy atom. The molecule has 2 aliphatic heterocycles. The fraction of sp³-hybridized carbons (Fsp3) is 0.524. The van der Waals surface area contributed by atoms with Crippen molar-refractivity contribution in [2.75, 3.05) is 19.6 Å². The highest BCUT2D eigenvalue weighted by Crippen LogP contribution is 2.53. The highest BCUT2D eigenvalue weighted by atomic mass is 16.4. The van der Waals surface area contributed by atoms with Gasteiger partial charge in [-0.25, -0.2) is 4.79 Å². The lowest BCUT2D eigenvalue weighted by molar-refractivity contribution is -0.158. The predicted octanol–water partition coefficient (Wildman–Crippen LogP) is 2.82. The molecule has 0 saturated carbocycles. The second-order valence-corrected chi connectivity index (χ2v) is 9.12. The second-order valence-electron chi connectivity index (χ2n) is 9.12. The van der Waals surface area contributed by atoms with E-state index in [1.54, 1.807) is 17.3 Å². The zero-order chi connectivity index (χ0) is 21.0. The molecule has 29 heavy (non-hydrogen) atoms. The summed E-state index contributed by atoms with van der Waals surface area (Å²) in [5, 5.41) is 18.1. The number of hydrogen-bond donors (Lipinski definition) is 1. The molecule has 2 aliphatic rings. The third-order valence-corrected chi connectivity index (χ3v) is 6.57. The molecule has 1 aromatic heterocycles. The number of piperidine rings is 1. The normalized spacial score (nSPS) is 24.1. The molecule has 1 N–H and O–H groups in total. The molecule has 0 radical (unpaired) electrons. The summed E-state index contributed by atoms with van der Waals surface area (Å²) in [7, 11) is 0. The van der Waals surface area contributed by atoms with Crippen LogP contribution in [0.5, 0.6) is 0 Å². The molecule has 2 aromatic rings. The average molecular weight is 397 g/mol. The smallest absolute Gasteiger partial charge is 0.407 e. The Morgan fingerprint density at radius 3 is 2.52 bits per heavy atom. The number of carbonyl (C=O) groups is 2. The van der Waals surface area contributed by atoms with Gasteiger partial charge in [0.05, 0.1) is 29.2 Å². The van der Waals surface area contributed by atoms with E-state index in [1.165, 1.54) is 9.70 Å². The van der Waals surface area contributed by atoms with Crippen LogP contribution in [0.3, 0.4) is 0 Å². The maximum atomic E-state index is 13.6. The molecular weight excluding hydrogens is 370 g/mol. The van der Waals surface area contributed by atoms with Crippen molar-refractivity contribution < 1.29 is 14.7 Å². The van der Waals surface area contributed by atoms with Crippen molar-refractivity contribution in [1.29, 1.82) is 0 Å². The van der Waals surface area contributed by atoms with Gasteiger partial charge in [0.1, 0.15) is 0 Å². The predicted molar refractivity (Wildman–Crippen MR) is 107 cm³/mol. The first-order chi connectivity index (χ1) is 13.6. The molecule has 0 spiro atoms. The summed E-state index contributed by atoms with van der Waals surface area (Å²) in [4.78, 5) is 30.3. The van der Waals surface area contributed by atoms with E-state index in [0.717, 1.165) is 12.0 Å². The average Bonchev–Trinajstić information content (AvgIpc) is 3.15. The van der Waals surface area contributed by atoms with E-state index >= 15 is 0 Å². The van der Waals surface area contributed by atoms with Gasteiger partial charge in [-0.1, -0.05) is 32.4 Å². The second kappa shape index (κ2) is 6.57. The first-order valence-corrected chi connectivity index (χ1v) is 9.92. The molecule has 0 bridgehead atoms. The summed E-state index contributed by atoms with van der Waals surface area (Å²) in [6, 6.07) is 5.63. The molecule has 154 valence electrons. The van der Waals surface area contributed by atoms with Gasteiger partial charge >= 0.3 is 6.09 Å². The van der Waals surface area contributed by atoms with Gasteiger partial charge in [0.25, 0.3) is 5.91 Å². The Kier molecular flexibility index (Phi) is 4.40. The van der Waals surface area contributed by atoms with Gasteiger partial charge in [0.2, 0.25) is 0 Å². The summed E-state index contributed by atoms with van der Waals surface area (Å²) in [5.41, 5.74) is 1.28. The van der Waals surface area contributed by atoms with Gasteiger partial charge in [-0.2, -0.15) is 15.0 Å². The number of nitrogens with zero attached hydrogens (tertiary/aromatic N) is 5. The SMILES string of the molecule is Cc1ccc(-n2nccn2)c(C(=O)N2CC[C@H]3CN(C(=O)O)C3(C(C)(C)C)C2)c1. The number of benzene rings is 1. The molecule has 4 rings (SSSR count). The van der Waals surface area contributed by atoms with Gasteiger partial charge in [0, 0.05) is 25.6 Å². The molecular formula is C21H27N5O3. The van der Waals surface area contributed by atoms with Crippen LogP contribution in [0.25, 0.3) is 5.69 Å². The zero-order valence-electron chi connectivity index (χ0n) is 17.3. The van der Waals surface area contributed by atoms with Crippen LogP contribution in [0.15, 0.2) is 30.6 Å². The minimum absolute atomic E-state index is 0.111. The van der Waals surface area contributed by atoms with Gasteiger partial charge in [-0.05, 0) is 30.9 Å². The van der Waals surface area contributed by atoms with Crippen molar-refractivity contribution >= 4 is 12.0 Å². The van der Waals surface area contributed by atoms with Crippen molar-refractivity contribution in [3.8, 4) is 5.69 Å². The summed E-state index contributed by atoms with van der Waals surface area (Å²) in [6.45, 7) is 9.69. The van der Waals surface area contributed by atoms with E-state index in [1.807, 2.05) is 25.1 Å². The van der Waals surface area contributed by atoms with Crippen LogP contribution in [0.1, 0.15) is 43.1 Å². The first-order valence-electron chi connectivity index (χ1n) is 9.92. The van der Waals surface area contributed by atoms with Crippen molar-refractivity contribution in [3.63, 3.8) is 0 Å². The van der Waals surface area contributed by atoms with Crippen molar-refractivity contribution in [1.82, 2.24) is 24.8 Å². The Balaban J connectivity index is 1.71. The standard InChI is InChI=1S/C21H27N5O3/c1-14-5-6-17(26-22-8-9-23-26)16(11-14)18(27)24-10-7-15-12-25(19(28)29)21(15,13-24)20(2,3)4/h5-6,8-9,11,15H,7,10,12-13H2,1-4H3,(H,28,29)/t15-,21?/m0/s1. The van der Waals surface area contributed by atoms with Crippen molar-refractivity contribution in [2.45, 2.75) is 39.7 Å². The quantitative estimate of drug-likeness (QED) is 0.841. The third-order valence-electron chi connectivity index (χ3n) is 6.57. The van der Waals surface area contributed by atoms with E-state index in [4.69, 9.17) is 0 Å².